The monoisotopic (exact) mass is 338 g/mol. The van der Waals surface area contributed by atoms with Crippen LogP contribution < -0.4 is 5.19 Å². The van der Waals surface area contributed by atoms with E-state index in [4.69, 9.17) is 13.3 Å². The molecule has 0 radical (unpaired) electrons. The van der Waals surface area contributed by atoms with Crippen LogP contribution in [0.15, 0.2) is 18.2 Å². The molecule has 0 spiro atoms. The summed E-state index contributed by atoms with van der Waals surface area (Å²) < 4.78 is 17.5. The highest BCUT2D eigenvalue weighted by Gasteiger charge is 2.40. The van der Waals surface area contributed by atoms with Gasteiger partial charge in [0.25, 0.3) is 0 Å². The SMILES string of the molecule is CO[Si](OC)(OC)c1ccc(I)c(C)c1. The van der Waals surface area contributed by atoms with Gasteiger partial charge in [-0.25, -0.2) is 0 Å². The number of benzene rings is 1. The highest BCUT2D eigenvalue weighted by Crippen LogP contribution is 2.13. The van der Waals surface area contributed by atoms with Crippen molar-refractivity contribution in [3.63, 3.8) is 0 Å². The van der Waals surface area contributed by atoms with Gasteiger partial charge in [0.2, 0.25) is 0 Å². The predicted octanol–water partition coefficient (Wildman–Crippen LogP) is 1.68. The Kier molecular flexibility index (Phi) is 4.72. The Morgan fingerprint density at radius 2 is 1.60 bits per heavy atom. The molecular weight excluding hydrogens is 323 g/mol. The van der Waals surface area contributed by atoms with Crippen molar-refractivity contribution in [2.45, 2.75) is 6.92 Å². The molecule has 0 unspecified atom stereocenters. The van der Waals surface area contributed by atoms with Crippen molar-refractivity contribution in [3.05, 3.63) is 27.3 Å². The first-order valence-corrected chi connectivity index (χ1v) is 7.32. The number of hydrogen-bond donors (Lipinski definition) is 0. The number of halogens is 1. The van der Waals surface area contributed by atoms with Gasteiger partial charge in [-0.1, -0.05) is 12.1 Å². The van der Waals surface area contributed by atoms with Gasteiger partial charge < -0.3 is 13.3 Å². The molecule has 1 aromatic carbocycles. The van der Waals surface area contributed by atoms with Gasteiger partial charge in [0.1, 0.15) is 0 Å². The maximum Gasteiger partial charge on any atom is 0.536 e. The molecule has 0 aromatic heterocycles. The molecular formula is C10H15IO3Si. The van der Waals surface area contributed by atoms with Crippen LogP contribution in [0.5, 0.6) is 0 Å². The topological polar surface area (TPSA) is 27.7 Å². The summed E-state index contributed by atoms with van der Waals surface area (Å²) in [6.07, 6.45) is 0. The van der Waals surface area contributed by atoms with Crippen molar-refractivity contribution >= 4 is 36.6 Å². The largest absolute Gasteiger partial charge is 0.536 e. The molecule has 3 nitrogen and oxygen atoms in total. The fourth-order valence-electron chi connectivity index (χ4n) is 1.44. The van der Waals surface area contributed by atoms with E-state index in [0.717, 1.165) is 5.19 Å². The Labute approximate surface area is 105 Å². The zero-order valence-electron chi connectivity index (χ0n) is 9.33. The summed E-state index contributed by atoms with van der Waals surface area (Å²) in [4.78, 5) is 0. The van der Waals surface area contributed by atoms with Crippen LogP contribution in [0.2, 0.25) is 0 Å². The van der Waals surface area contributed by atoms with Crippen molar-refractivity contribution in [1.29, 1.82) is 0 Å². The van der Waals surface area contributed by atoms with Gasteiger partial charge in [-0.2, -0.15) is 0 Å². The lowest BCUT2D eigenvalue weighted by atomic mass is 10.2. The third kappa shape index (κ3) is 2.59. The van der Waals surface area contributed by atoms with Gasteiger partial charge in [0.15, 0.2) is 0 Å². The summed E-state index contributed by atoms with van der Waals surface area (Å²) in [7, 11) is 2.20. The van der Waals surface area contributed by atoms with Crippen molar-refractivity contribution < 1.29 is 13.3 Å². The van der Waals surface area contributed by atoms with E-state index in [9.17, 15) is 0 Å². The lowest BCUT2D eigenvalue weighted by molar-refractivity contribution is 0.140. The first kappa shape index (κ1) is 13.1. The maximum absolute atomic E-state index is 5.41. The molecule has 0 fully saturated rings. The highest BCUT2D eigenvalue weighted by atomic mass is 127. The molecule has 0 aliphatic rings. The fraction of sp³-hybridized carbons (Fsp3) is 0.400. The standard InChI is InChI=1S/C10H15IO3Si/c1-8-7-9(5-6-10(8)11)15(12-2,13-3)14-4/h5-7H,1-4H3. The van der Waals surface area contributed by atoms with Gasteiger partial charge in [-0.15, -0.1) is 0 Å². The van der Waals surface area contributed by atoms with E-state index in [0.29, 0.717) is 0 Å². The molecule has 0 amide bonds. The maximum atomic E-state index is 5.41. The molecule has 0 saturated heterocycles. The Balaban J connectivity index is 3.17. The molecule has 15 heavy (non-hydrogen) atoms. The minimum absolute atomic E-state index is 0.993. The summed E-state index contributed by atoms with van der Waals surface area (Å²) in [5, 5.41) is 0.993. The second-order valence-corrected chi connectivity index (χ2v) is 7.21. The Hall–Kier alpha value is 0.0469. The van der Waals surface area contributed by atoms with E-state index >= 15 is 0 Å². The highest BCUT2D eigenvalue weighted by molar-refractivity contribution is 14.1. The third-order valence-corrected chi connectivity index (χ3v) is 6.16. The van der Waals surface area contributed by atoms with Crippen LogP contribution in [-0.2, 0) is 13.3 Å². The molecule has 1 rings (SSSR count). The normalized spacial score (nSPS) is 11.8. The first-order valence-electron chi connectivity index (χ1n) is 4.51. The molecule has 5 heteroatoms. The van der Waals surface area contributed by atoms with E-state index in [1.54, 1.807) is 21.3 Å². The molecule has 0 aliphatic heterocycles. The molecule has 0 bridgehead atoms. The zero-order valence-corrected chi connectivity index (χ0v) is 12.5. The second-order valence-electron chi connectivity index (χ2n) is 3.13. The van der Waals surface area contributed by atoms with Crippen molar-refractivity contribution in [3.8, 4) is 0 Å². The van der Waals surface area contributed by atoms with Gasteiger partial charge in [-0.05, 0) is 41.1 Å². The van der Waals surface area contributed by atoms with Crippen LogP contribution in [0, 0.1) is 10.5 Å². The van der Waals surface area contributed by atoms with Crippen LogP contribution in [-0.4, -0.2) is 30.1 Å². The average Bonchev–Trinajstić information content (AvgIpc) is 2.26. The third-order valence-electron chi connectivity index (χ3n) is 2.32. The van der Waals surface area contributed by atoms with Gasteiger partial charge in [0.05, 0.1) is 0 Å². The summed E-state index contributed by atoms with van der Waals surface area (Å²) in [5.74, 6) is 0. The smallest absolute Gasteiger partial charge is 0.373 e. The molecule has 84 valence electrons. The van der Waals surface area contributed by atoms with Crippen molar-refractivity contribution in [1.82, 2.24) is 0 Å². The van der Waals surface area contributed by atoms with E-state index < -0.39 is 8.80 Å². The average molecular weight is 338 g/mol. The number of rotatable bonds is 4. The van der Waals surface area contributed by atoms with E-state index in [-0.39, 0.29) is 0 Å². The Morgan fingerprint density at radius 3 is 2.00 bits per heavy atom. The zero-order chi connectivity index (χ0) is 11.5. The van der Waals surface area contributed by atoms with Crippen LogP contribution in [0.1, 0.15) is 5.56 Å². The Morgan fingerprint density at radius 1 is 1.07 bits per heavy atom. The summed E-state index contributed by atoms with van der Waals surface area (Å²) in [6.45, 7) is 2.06. The summed E-state index contributed by atoms with van der Waals surface area (Å²) >= 11 is 2.30. The first-order chi connectivity index (χ1) is 7.09. The molecule has 0 heterocycles. The van der Waals surface area contributed by atoms with Gasteiger partial charge in [-0.3, -0.25) is 0 Å². The molecule has 1 aromatic rings. The van der Waals surface area contributed by atoms with Crippen molar-refractivity contribution in [2.75, 3.05) is 21.3 Å². The quantitative estimate of drug-likeness (QED) is 0.618. The summed E-state index contributed by atoms with van der Waals surface area (Å²) in [5.41, 5.74) is 1.20. The molecule has 0 atom stereocenters. The number of aryl methyl sites for hydroxylation is 1. The van der Waals surface area contributed by atoms with Gasteiger partial charge in [0, 0.05) is 30.1 Å². The van der Waals surface area contributed by atoms with E-state index in [1.165, 1.54) is 9.13 Å². The fourth-order valence-corrected chi connectivity index (χ4v) is 3.66. The van der Waals surface area contributed by atoms with Crippen molar-refractivity contribution in [2.24, 2.45) is 0 Å². The molecule has 0 N–H and O–H groups in total. The molecule has 0 aliphatic carbocycles. The number of hydrogen-bond acceptors (Lipinski definition) is 3. The van der Waals surface area contributed by atoms with Crippen LogP contribution >= 0.6 is 22.6 Å². The van der Waals surface area contributed by atoms with Crippen LogP contribution in [0.4, 0.5) is 0 Å². The van der Waals surface area contributed by atoms with E-state index in [1.807, 2.05) is 12.1 Å². The lowest BCUT2D eigenvalue weighted by Crippen LogP contribution is -2.54. The second kappa shape index (κ2) is 5.40. The molecule has 0 saturated carbocycles. The van der Waals surface area contributed by atoms with E-state index in [2.05, 4.69) is 35.6 Å². The summed E-state index contributed by atoms with van der Waals surface area (Å²) in [6, 6.07) is 6.10. The Bertz CT molecular complexity index is 331. The van der Waals surface area contributed by atoms with Gasteiger partial charge >= 0.3 is 8.80 Å². The van der Waals surface area contributed by atoms with Crippen LogP contribution in [0.3, 0.4) is 0 Å². The minimum atomic E-state index is -2.65. The lowest BCUT2D eigenvalue weighted by Gasteiger charge is -2.24. The minimum Gasteiger partial charge on any atom is -0.373 e. The van der Waals surface area contributed by atoms with Crippen LogP contribution in [0.25, 0.3) is 0 Å². The predicted molar refractivity (Wildman–Crippen MR) is 70.3 cm³/mol.